The summed E-state index contributed by atoms with van der Waals surface area (Å²) in [7, 11) is 1.88. The summed E-state index contributed by atoms with van der Waals surface area (Å²) in [4.78, 5) is 4.51. The molecular formula is C14H19N5O. The van der Waals surface area contributed by atoms with Gasteiger partial charge >= 0.3 is 0 Å². The van der Waals surface area contributed by atoms with Gasteiger partial charge in [0.15, 0.2) is 0 Å². The van der Waals surface area contributed by atoms with E-state index in [4.69, 9.17) is 4.52 Å². The molecule has 2 saturated heterocycles. The van der Waals surface area contributed by atoms with Gasteiger partial charge in [-0.3, -0.25) is 4.68 Å². The summed E-state index contributed by atoms with van der Waals surface area (Å²) in [6.45, 7) is 0. The van der Waals surface area contributed by atoms with Gasteiger partial charge in [-0.2, -0.15) is 10.1 Å². The second-order valence-electron chi connectivity index (χ2n) is 6.09. The number of piperidine rings is 1. The lowest BCUT2D eigenvalue weighted by molar-refractivity contribution is 0.270. The summed E-state index contributed by atoms with van der Waals surface area (Å²) in [6, 6.07) is 1.42. The minimum Gasteiger partial charge on any atom is -0.339 e. The fourth-order valence-corrected chi connectivity index (χ4v) is 3.58. The van der Waals surface area contributed by atoms with Crippen molar-refractivity contribution in [3.05, 3.63) is 18.3 Å². The lowest BCUT2D eigenvalue weighted by Gasteiger charge is -2.27. The van der Waals surface area contributed by atoms with E-state index in [0.717, 1.165) is 17.9 Å². The lowest BCUT2D eigenvalue weighted by Crippen LogP contribution is -2.38. The number of aromatic nitrogens is 4. The third-order valence-electron chi connectivity index (χ3n) is 4.47. The smallest absolute Gasteiger partial charge is 0.227 e. The van der Waals surface area contributed by atoms with Crippen molar-refractivity contribution in [3.8, 4) is 11.4 Å². The number of hydrogen-bond acceptors (Lipinski definition) is 5. The highest BCUT2D eigenvalue weighted by Gasteiger charge is 2.34. The summed E-state index contributed by atoms with van der Waals surface area (Å²) >= 11 is 0. The Bertz CT molecular complexity index is 592. The largest absolute Gasteiger partial charge is 0.339 e. The van der Waals surface area contributed by atoms with Crippen molar-refractivity contribution in [3.63, 3.8) is 0 Å². The first-order valence-electron chi connectivity index (χ1n) is 7.34. The highest BCUT2D eigenvalue weighted by Crippen LogP contribution is 2.32. The van der Waals surface area contributed by atoms with E-state index in [2.05, 4.69) is 20.6 Å². The average Bonchev–Trinajstić information content (AvgIpc) is 3.11. The molecule has 0 radical (unpaired) electrons. The standard InChI is InChI=1S/C14H19N5O/c1-19-8-10(7-15-19)14-17-13(20-18-14)6-9-4-11-2-3-12(5-9)16-11/h7-9,11-12,16H,2-6H2,1H3. The van der Waals surface area contributed by atoms with Gasteiger partial charge in [0.2, 0.25) is 11.7 Å². The molecule has 6 nitrogen and oxygen atoms in total. The normalized spacial score (nSPS) is 28.9. The van der Waals surface area contributed by atoms with Crippen LogP contribution in [0.25, 0.3) is 11.4 Å². The molecule has 2 aliphatic rings. The van der Waals surface area contributed by atoms with Crippen LogP contribution in [0.5, 0.6) is 0 Å². The number of rotatable bonds is 3. The van der Waals surface area contributed by atoms with Crippen LogP contribution in [0.2, 0.25) is 0 Å². The van der Waals surface area contributed by atoms with E-state index in [1.54, 1.807) is 10.9 Å². The van der Waals surface area contributed by atoms with Crippen LogP contribution < -0.4 is 5.32 Å². The molecule has 20 heavy (non-hydrogen) atoms. The molecule has 106 valence electrons. The molecule has 2 fully saturated rings. The van der Waals surface area contributed by atoms with Crippen molar-refractivity contribution in [1.29, 1.82) is 0 Å². The van der Waals surface area contributed by atoms with Crippen molar-refractivity contribution in [2.45, 2.75) is 44.2 Å². The molecule has 0 aliphatic carbocycles. The molecule has 2 bridgehead atoms. The van der Waals surface area contributed by atoms with Crippen LogP contribution in [0.15, 0.2) is 16.9 Å². The van der Waals surface area contributed by atoms with Crippen LogP contribution in [0.3, 0.4) is 0 Å². The fourth-order valence-electron chi connectivity index (χ4n) is 3.58. The fraction of sp³-hybridized carbons (Fsp3) is 0.643. The molecule has 2 aliphatic heterocycles. The molecule has 0 spiro atoms. The first-order chi connectivity index (χ1) is 9.76. The third-order valence-corrected chi connectivity index (χ3v) is 4.47. The number of fused-ring (bicyclic) bond motifs is 2. The van der Waals surface area contributed by atoms with E-state index in [1.165, 1.54) is 25.7 Å². The zero-order valence-electron chi connectivity index (χ0n) is 11.6. The van der Waals surface area contributed by atoms with Crippen molar-refractivity contribution >= 4 is 0 Å². The molecule has 2 aromatic heterocycles. The van der Waals surface area contributed by atoms with Gasteiger partial charge in [-0.15, -0.1) is 0 Å². The highest BCUT2D eigenvalue weighted by molar-refractivity contribution is 5.50. The van der Waals surface area contributed by atoms with Crippen molar-refractivity contribution in [2.75, 3.05) is 0 Å². The minimum atomic E-state index is 0.644. The summed E-state index contributed by atoms with van der Waals surface area (Å²) in [5.41, 5.74) is 0.910. The number of hydrogen-bond donors (Lipinski definition) is 1. The Hall–Kier alpha value is -1.69. The number of nitrogens with zero attached hydrogens (tertiary/aromatic N) is 4. The average molecular weight is 273 g/mol. The van der Waals surface area contributed by atoms with Crippen molar-refractivity contribution in [2.24, 2.45) is 13.0 Å². The van der Waals surface area contributed by atoms with Gasteiger partial charge in [0.05, 0.1) is 11.8 Å². The van der Waals surface area contributed by atoms with Gasteiger partial charge in [-0.25, -0.2) is 0 Å². The van der Waals surface area contributed by atoms with Gasteiger partial charge in [-0.1, -0.05) is 5.16 Å². The zero-order chi connectivity index (χ0) is 13.5. The molecule has 2 aromatic rings. The third kappa shape index (κ3) is 2.24. The molecule has 0 aromatic carbocycles. The Labute approximate surface area is 117 Å². The van der Waals surface area contributed by atoms with E-state index < -0.39 is 0 Å². The maximum atomic E-state index is 5.40. The molecule has 2 unspecified atom stereocenters. The van der Waals surface area contributed by atoms with Crippen LogP contribution in [0.4, 0.5) is 0 Å². The van der Waals surface area contributed by atoms with Gasteiger partial charge in [0, 0.05) is 31.7 Å². The van der Waals surface area contributed by atoms with E-state index in [-0.39, 0.29) is 0 Å². The van der Waals surface area contributed by atoms with Gasteiger partial charge < -0.3 is 9.84 Å². The summed E-state index contributed by atoms with van der Waals surface area (Å²) in [5, 5.41) is 11.9. The maximum absolute atomic E-state index is 5.40. The van der Waals surface area contributed by atoms with Gasteiger partial charge in [-0.05, 0) is 31.6 Å². The van der Waals surface area contributed by atoms with Gasteiger partial charge in [0.1, 0.15) is 0 Å². The Balaban J connectivity index is 1.46. The topological polar surface area (TPSA) is 68.8 Å². The molecule has 1 N–H and O–H groups in total. The molecule has 4 heterocycles. The minimum absolute atomic E-state index is 0.644. The first-order valence-corrected chi connectivity index (χ1v) is 7.34. The van der Waals surface area contributed by atoms with Gasteiger partial charge in [0.25, 0.3) is 0 Å². The summed E-state index contributed by atoms with van der Waals surface area (Å²) in [5.74, 6) is 2.08. The molecule has 6 heteroatoms. The predicted octanol–water partition coefficient (Wildman–Crippen LogP) is 1.54. The molecular weight excluding hydrogens is 254 g/mol. The second kappa shape index (κ2) is 4.70. The van der Waals surface area contributed by atoms with Crippen molar-refractivity contribution in [1.82, 2.24) is 25.2 Å². The van der Waals surface area contributed by atoms with E-state index in [9.17, 15) is 0 Å². The molecule has 0 amide bonds. The first kappa shape index (κ1) is 12.1. The Morgan fingerprint density at radius 1 is 1.35 bits per heavy atom. The summed E-state index contributed by atoms with van der Waals surface area (Å²) < 4.78 is 7.15. The molecule has 4 rings (SSSR count). The molecule has 2 atom stereocenters. The quantitative estimate of drug-likeness (QED) is 0.918. The zero-order valence-corrected chi connectivity index (χ0v) is 11.6. The van der Waals surface area contributed by atoms with Crippen LogP contribution in [0, 0.1) is 5.92 Å². The Morgan fingerprint density at radius 2 is 2.15 bits per heavy atom. The summed E-state index contributed by atoms with van der Waals surface area (Å²) in [6.07, 6.45) is 9.70. The van der Waals surface area contributed by atoms with E-state index in [1.807, 2.05) is 13.2 Å². The van der Waals surface area contributed by atoms with E-state index in [0.29, 0.717) is 23.8 Å². The highest BCUT2D eigenvalue weighted by atomic mass is 16.5. The second-order valence-corrected chi connectivity index (χ2v) is 6.09. The molecule has 0 saturated carbocycles. The SMILES string of the molecule is Cn1cc(-c2noc(CC3CC4CCC(C3)N4)n2)cn1. The number of nitrogens with one attached hydrogen (secondary N) is 1. The Morgan fingerprint density at radius 3 is 2.85 bits per heavy atom. The van der Waals surface area contributed by atoms with Crippen molar-refractivity contribution < 1.29 is 4.52 Å². The Kier molecular flexibility index (Phi) is 2.84. The van der Waals surface area contributed by atoms with Crippen LogP contribution >= 0.6 is 0 Å². The van der Waals surface area contributed by atoms with Crippen LogP contribution in [0.1, 0.15) is 31.6 Å². The number of aryl methyl sites for hydroxylation is 1. The van der Waals surface area contributed by atoms with Crippen LogP contribution in [-0.4, -0.2) is 32.0 Å². The maximum Gasteiger partial charge on any atom is 0.227 e. The van der Waals surface area contributed by atoms with E-state index >= 15 is 0 Å². The predicted molar refractivity (Wildman–Crippen MR) is 72.9 cm³/mol. The lowest BCUT2D eigenvalue weighted by atomic mass is 9.90. The monoisotopic (exact) mass is 273 g/mol. The van der Waals surface area contributed by atoms with Crippen LogP contribution in [-0.2, 0) is 13.5 Å².